The summed E-state index contributed by atoms with van der Waals surface area (Å²) in [5, 5.41) is 10.9. The highest BCUT2D eigenvalue weighted by Crippen LogP contribution is 2.64. The lowest BCUT2D eigenvalue weighted by atomic mass is 9.53. The zero-order valence-corrected chi connectivity index (χ0v) is 14.2. The van der Waals surface area contributed by atoms with Crippen LogP contribution >= 0.6 is 0 Å². The van der Waals surface area contributed by atoms with Crippen molar-refractivity contribution in [1.82, 2.24) is 0 Å². The Morgan fingerprint density at radius 3 is 2.92 bits per heavy atom. The molecule has 5 unspecified atom stereocenters. The Hall–Kier alpha value is -1.53. The van der Waals surface area contributed by atoms with Crippen LogP contribution in [-0.2, 0) is 6.42 Å². The van der Waals surface area contributed by atoms with E-state index in [0.29, 0.717) is 23.5 Å². The van der Waals surface area contributed by atoms with Gasteiger partial charge in [-0.2, -0.15) is 0 Å². The summed E-state index contributed by atoms with van der Waals surface area (Å²) in [7, 11) is 0. The van der Waals surface area contributed by atoms with Crippen LogP contribution in [0.25, 0.3) is 0 Å². The first-order valence-corrected chi connectivity index (χ1v) is 9.04. The summed E-state index contributed by atoms with van der Waals surface area (Å²) in [6.45, 7) is 1.42. The minimum atomic E-state index is -0.943. The molecule has 0 aromatic heterocycles. The molecule has 3 aliphatic carbocycles. The zero-order chi connectivity index (χ0) is 16.9. The molecule has 0 saturated heterocycles. The van der Waals surface area contributed by atoms with Crippen LogP contribution in [0.2, 0.25) is 0 Å². The third kappa shape index (κ3) is 2.05. The molecule has 1 N–H and O–H groups in total. The van der Waals surface area contributed by atoms with Crippen molar-refractivity contribution in [3.63, 3.8) is 0 Å². The van der Waals surface area contributed by atoms with Gasteiger partial charge in [-0.05, 0) is 79.5 Å². The smallest absolute Gasteiger partial charge is 0.228 e. The van der Waals surface area contributed by atoms with Gasteiger partial charge in [-0.1, -0.05) is 18.9 Å². The Morgan fingerprint density at radius 2 is 2.17 bits per heavy atom. The van der Waals surface area contributed by atoms with Gasteiger partial charge < -0.3 is 9.84 Å². The summed E-state index contributed by atoms with van der Waals surface area (Å²) in [6.07, 6.45) is 11.6. The fourth-order valence-electron chi connectivity index (χ4n) is 5.96. The van der Waals surface area contributed by atoms with Crippen molar-refractivity contribution < 1.29 is 14.2 Å². The monoisotopic (exact) mass is 328 g/mol. The second-order valence-corrected chi connectivity index (χ2v) is 8.03. The van der Waals surface area contributed by atoms with Crippen LogP contribution in [0.3, 0.4) is 0 Å². The van der Waals surface area contributed by atoms with Gasteiger partial charge in [-0.25, -0.2) is 4.39 Å². The van der Waals surface area contributed by atoms with Crippen LogP contribution in [0.5, 0.6) is 5.75 Å². The standard InChI is InChI=1S/C21H25FO2/c1-3-21(23)11-9-19-18-6-4-14-12-15(24-13-22)5-7-16(14)17(18)8-10-20(19,21)2/h1,5,7,12,17-19,23H,4,6,8-11,13H2,2H3. The molecule has 2 nitrogen and oxygen atoms in total. The molecule has 0 spiro atoms. The number of aliphatic hydroxyl groups is 1. The maximum atomic E-state index is 12.4. The molecule has 0 amide bonds. The van der Waals surface area contributed by atoms with Gasteiger partial charge in [0.1, 0.15) is 11.4 Å². The lowest BCUT2D eigenvalue weighted by molar-refractivity contribution is -0.0646. The zero-order valence-electron chi connectivity index (χ0n) is 14.2. The predicted molar refractivity (Wildman–Crippen MR) is 91.4 cm³/mol. The van der Waals surface area contributed by atoms with E-state index in [1.165, 1.54) is 11.1 Å². The van der Waals surface area contributed by atoms with Crippen molar-refractivity contribution in [2.24, 2.45) is 17.3 Å². The molecular weight excluding hydrogens is 303 g/mol. The van der Waals surface area contributed by atoms with Crippen molar-refractivity contribution in [3.05, 3.63) is 29.3 Å². The van der Waals surface area contributed by atoms with E-state index in [0.717, 1.165) is 38.5 Å². The highest BCUT2D eigenvalue weighted by molar-refractivity contribution is 5.41. The number of benzene rings is 1. The van der Waals surface area contributed by atoms with E-state index in [9.17, 15) is 9.50 Å². The SMILES string of the molecule is C#CC1(O)CCC2C3CCc4cc(OCF)ccc4C3CCC21C. The summed E-state index contributed by atoms with van der Waals surface area (Å²) in [6, 6.07) is 6.02. The number of alkyl halides is 1. The molecule has 1 aromatic rings. The maximum Gasteiger partial charge on any atom is 0.228 e. The van der Waals surface area contributed by atoms with Gasteiger partial charge in [0.2, 0.25) is 6.86 Å². The Morgan fingerprint density at radius 1 is 1.33 bits per heavy atom. The molecule has 0 aliphatic heterocycles. The average molecular weight is 328 g/mol. The van der Waals surface area contributed by atoms with Gasteiger partial charge in [-0.15, -0.1) is 6.42 Å². The first-order chi connectivity index (χ1) is 11.5. The predicted octanol–water partition coefficient (Wildman–Crippen LogP) is 4.21. The van der Waals surface area contributed by atoms with Crippen molar-refractivity contribution in [2.75, 3.05) is 6.86 Å². The third-order valence-electron chi connectivity index (χ3n) is 7.31. The molecular formula is C21H25FO2. The van der Waals surface area contributed by atoms with Gasteiger partial charge in [0, 0.05) is 5.41 Å². The number of hydrogen-bond donors (Lipinski definition) is 1. The largest absolute Gasteiger partial charge is 0.463 e. The third-order valence-corrected chi connectivity index (χ3v) is 7.31. The van der Waals surface area contributed by atoms with Gasteiger partial charge in [-0.3, -0.25) is 0 Å². The van der Waals surface area contributed by atoms with Gasteiger partial charge in [0.25, 0.3) is 0 Å². The van der Waals surface area contributed by atoms with E-state index in [4.69, 9.17) is 11.2 Å². The first kappa shape index (κ1) is 16.0. The quantitative estimate of drug-likeness (QED) is 0.824. The number of fused-ring (bicyclic) bond motifs is 5. The number of hydrogen-bond acceptors (Lipinski definition) is 2. The van der Waals surface area contributed by atoms with Crippen molar-refractivity contribution in [1.29, 1.82) is 0 Å². The van der Waals surface area contributed by atoms with Gasteiger partial charge in [0.15, 0.2) is 0 Å². The summed E-state index contributed by atoms with van der Waals surface area (Å²) >= 11 is 0. The number of ether oxygens (including phenoxy) is 1. The fourth-order valence-corrected chi connectivity index (χ4v) is 5.96. The molecule has 0 radical (unpaired) electrons. The molecule has 2 fully saturated rings. The van der Waals surface area contributed by atoms with Crippen LogP contribution < -0.4 is 4.74 Å². The van der Waals surface area contributed by atoms with Crippen LogP contribution in [0.15, 0.2) is 18.2 Å². The molecule has 24 heavy (non-hydrogen) atoms. The summed E-state index contributed by atoms with van der Waals surface area (Å²) in [4.78, 5) is 0. The second kappa shape index (κ2) is 5.49. The molecule has 0 bridgehead atoms. The molecule has 4 rings (SSSR count). The van der Waals surface area contributed by atoms with E-state index in [1.807, 2.05) is 12.1 Å². The second-order valence-electron chi connectivity index (χ2n) is 8.03. The Bertz CT molecular complexity index is 694. The number of aryl methyl sites for hydroxylation is 1. The van der Waals surface area contributed by atoms with Crippen molar-refractivity contribution in [2.45, 2.75) is 57.0 Å². The van der Waals surface area contributed by atoms with E-state index < -0.39 is 12.5 Å². The van der Waals surface area contributed by atoms with E-state index in [2.05, 4.69) is 18.9 Å². The fraction of sp³-hybridized carbons (Fsp3) is 0.619. The normalized spacial score (nSPS) is 40.2. The Labute approximate surface area is 143 Å². The van der Waals surface area contributed by atoms with Crippen LogP contribution in [0.1, 0.15) is 56.1 Å². The maximum absolute atomic E-state index is 12.4. The molecule has 2 saturated carbocycles. The number of rotatable bonds is 2. The molecule has 3 heteroatoms. The summed E-state index contributed by atoms with van der Waals surface area (Å²) < 4.78 is 17.4. The van der Waals surface area contributed by atoms with Crippen molar-refractivity contribution in [3.8, 4) is 18.1 Å². The molecule has 1 aromatic carbocycles. The minimum absolute atomic E-state index is 0.155. The van der Waals surface area contributed by atoms with Gasteiger partial charge in [0.05, 0.1) is 0 Å². The Kier molecular flexibility index (Phi) is 3.65. The lowest BCUT2D eigenvalue weighted by Gasteiger charge is -2.52. The Balaban J connectivity index is 1.66. The topological polar surface area (TPSA) is 29.5 Å². The van der Waals surface area contributed by atoms with Crippen LogP contribution in [0, 0.1) is 29.6 Å². The average Bonchev–Trinajstić information content (AvgIpc) is 2.87. The van der Waals surface area contributed by atoms with Crippen molar-refractivity contribution >= 4 is 0 Å². The van der Waals surface area contributed by atoms with E-state index in [-0.39, 0.29) is 5.41 Å². The minimum Gasteiger partial charge on any atom is -0.463 e. The number of halogens is 1. The van der Waals surface area contributed by atoms with E-state index >= 15 is 0 Å². The highest BCUT2D eigenvalue weighted by Gasteiger charge is 2.61. The summed E-state index contributed by atoms with van der Waals surface area (Å²) in [5.41, 5.74) is 1.60. The first-order valence-electron chi connectivity index (χ1n) is 9.04. The molecule has 3 aliphatic rings. The van der Waals surface area contributed by atoms with Crippen LogP contribution in [0.4, 0.5) is 4.39 Å². The molecule has 5 atom stereocenters. The summed E-state index contributed by atoms with van der Waals surface area (Å²) in [5.74, 6) is 4.96. The molecule has 128 valence electrons. The van der Waals surface area contributed by atoms with Crippen LogP contribution in [-0.4, -0.2) is 17.6 Å². The van der Waals surface area contributed by atoms with E-state index in [1.54, 1.807) is 0 Å². The highest BCUT2D eigenvalue weighted by atomic mass is 19.1. The molecule has 0 heterocycles. The number of terminal acetylenes is 1. The van der Waals surface area contributed by atoms with Gasteiger partial charge >= 0.3 is 0 Å². The lowest BCUT2D eigenvalue weighted by Crippen LogP contribution is -2.50.